The minimum absolute atomic E-state index is 0.759. The smallest absolute Gasteiger partial charge is 0.121 e. The lowest BCUT2D eigenvalue weighted by atomic mass is 9.89. The lowest BCUT2D eigenvalue weighted by Gasteiger charge is -2.20. The van der Waals surface area contributed by atoms with E-state index in [0.29, 0.717) is 0 Å². The maximum atomic E-state index is 6.03. The number of fused-ring (bicyclic) bond motifs is 5. The second kappa shape index (κ2) is 11.4. The molecule has 0 unspecified atom stereocenters. The summed E-state index contributed by atoms with van der Waals surface area (Å²) in [6, 6.07) is 13.0. The number of rotatable bonds is 11. The SMILES string of the molecule is CCCCOc1ccc2c(c1)CCc1cc(OCCCC)ccc1-c1c-2nnn1CCCC. The number of nitrogens with zero attached hydrogens (tertiary/aromatic N) is 3. The number of hydrogen-bond donors (Lipinski definition) is 0. The molecule has 0 radical (unpaired) electrons. The summed E-state index contributed by atoms with van der Waals surface area (Å²) in [7, 11) is 0. The van der Waals surface area contributed by atoms with Gasteiger partial charge in [0.2, 0.25) is 0 Å². The van der Waals surface area contributed by atoms with Crippen LogP contribution >= 0.6 is 0 Å². The molecule has 176 valence electrons. The zero-order valence-corrected chi connectivity index (χ0v) is 20.4. The van der Waals surface area contributed by atoms with Gasteiger partial charge in [0.05, 0.1) is 18.9 Å². The summed E-state index contributed by atoms with van der Waals surface area (Å²) < 4.78 is 14.1. The average molecular weight is 448 g/mol. The predicted molar refractivity (Wildman–Crippen MR) is 134 cm³/mol. The molecule has 0 bridgehead atoms. The van der Waals surface area contributed by atoms with Gasteiger partial charge in [0.15, 0.2) is 0 Å². The summed E-state index contributed by atoms with van der Waals surface area (Å²) in [4.78, 5) is 0. The summed E-state index contributed by atoms with van der Waals surface area (Å²) in [5.74, 6) is 1.90. The highest BCUT2D eigenvalue weighted by Crippen LogP contribution is 2.39. The van der Waals surface area contributed by atoms with Crippen LogP contribution in [-0.4, -0.2) is 28.2 Å². The molecule has 1 aromatic heterocycles. The van der Waals surface area contributed by atoms with Gasteiger partial charge in [-0.1, -0.05) is 45.2 Å². The molecule has 0 N–H and O–H groups in total. The first-order chi connectivity index (χ1) is 16.2. The fourth-order valence-corrected chi connectivity index (χ4v) is 4.36. The van der Waals surface area contributed by atoms with Crippen molar-refractivity contribution in [3.63, 3.8) is 0 Å². The molecule has 3 aromatic rings. The van der Waals surface area contributed by atoms with E-state index >= 15 is 0 Å². The quantitative estimate of drug-likeness (QED) is 0.301. The molecule has 0 saturated heterocycles. The Balaban J connectivity index is 1.74. The van der Waals surface area contributed by atoms with Crippen molar-refractivity contribution in [3.05, 3.63) is 47.5 Å². The highest BCUT2D eigenvalue weighted by molar-refractivity contribution is 5.82. The zero-order chi connectivity index (χ0) is 23.0. The zero-order valence-electron chi connectivity index (χ0n) is 20.4. The molecule has 0 spiro atoms. The minimum atomic E-state index is 0.759. The first-order valence-electron chi connectivity index (χ1n) is 12.7. The van der Waals surface area contributed by atoms with Gasteiger partial charge in [0.1, 0.15) is 17.2 Å². The van der Waals surface area contributed by atoms with Crippen molar-refractivity contribution in [2.24, 2.45) is 0 Å². The van der Waals surface area contributed by atoms with E-state index in [0.717, 1.165) is 94.0 Å². The van der Waals surface area contributed by atoms with Crippen LogP contribution < -0.4 is 9.47 Å². The van der Waals surface area contributed by atoms with Gasteiger partial charge in [-0.25, -0.2) is 4.68 Å². The lowest BCUT2D eigenvalue weighted by molar-refractivity contribution is 0.309. The monoisotopic (exact) mass is 447 g/mol. The van der Waals surface area contributed by atoms with Gasteiger partial charge in [-0.3, -0.25) is 0 Å². The minimum Gasteiger partial charge on any atom is -0.494 e. The topological polar surface area (TPSA) is 49.2 Å². The van der Waals surface area contributed by atoms with Crippen molar-refractivity contribution in [3.8, 4) is 34.0 Å². The fraction of sp³-hybridized carbons (Fsp3) is 0.500. The average Bonchev–Trinajstić information content (AvgIpc) is 3.24. The molecule has 1 aliphatic carbocycles. The van der Waals surface area contributed by atoms with E-state index in [2.05, 4.69) is 72.2 Å². The first kappa shape index (κ1) is 23.3. The third-order valence-electron chi connectivity index (χ3n) is 6.32. The summed E-state index contributed by atoms with van der Waals surface area (Å²) >= 11 is 0. The number of benzene rings is 2. The molecule has 0 fully saturated rings. The Bertz CT molecular complexity index is 1060. The van der Waals surface area contributed by atoms with Crippen LogP contribution in [0.3, 0.4) is 0 Å². The van der Waals surface area contributed by atoms with Gasteiger partial charge in [0, 0.05) is 17.7 Å². The largest absolute Gasteiger partial charge is 0.494 e. The summed E-state index contributed by atoms with van der Waals surface area (Å²) in [6.07, 6.45) is 8.51. The van der Waals surface area contributed by atoms with Gasteiger partial charge in [0.25, 0.3) is 0 Å². The molecule has 0 saturated carbocycles. The molecule has 1 aliphatic rings. The Labute approximate surface area is 198 Å². The second-order valence-electron chi connectivity index (χ2n) is 8.91. The van der Waals surface area contributed by atoms with Gasteiger partial charge >= 0.3 is 0 Å². The highest BCUT2D eigenvalue weighted by Gasteiger charge is 2.24. The van der Waals surface area contributed by atoms with Gasteiger partial charge in [-0.15, -0.1) is 5.10 Å². The van der Waals surface area contributed by atoms with E-state index in [9.17, 15) is 0 Å². The Morgan fingerprint density at radius 1 is 0.758 bits per heavy atom. The lowest BCUT2D eigenvalue weighted by Crippen LogP contribution is -2.08. The van der Waals surface area contributed by atoms with E-state index in [1.807, 2.05) is 0 Å². The van der Waals surface area contributed by atoms with Crippen LogP contribution in [-0.2, 0) is 19.4 Å². The molecule has 0 amide bonds. The maximum Gasteiger partial charge on any atom is 0.121 e. The van der Waals surface area contributed by atoms with Crippen molar-refractivity contribution >= 4 is 0 Å². The molecule has 0 aliphatic heterocycles. The Morgan fingerprint density at radius 3 is 1.94 bits per heavy atom. The Kier molecular flexibility index (Phi) is 8.03. The van der Waals surface area contributed by atoms with Crippen LogP contribution in [0.15, 0.2) is 36.4 Å². The predicted octanol–water partition coefficient (Wildman–Crippen LogP) is 6.87. The highest BCUT2D eigenvalue weighted by atomic mass is 16.5. The summed E-state index contributed by atoms with van der Waals surface area (Å²) in [5.41, 5.74) is 7.07. The number of aryl methyl sites for hydroxylation is 3. The van der Waals surface area contributed by atoms with Crippen molar-refractivity contribution in [2.45, 2.75) is 78.7 Å². The van der Waals surface area contributed by atoms with Crippen LogP contribution in [0.5, 0.6) is 11.5 Å². The van der Waals surface area contributed by atoms with E-state index in [1.54, 1.807) is 0 Å². The molecule has 5 nitrogen and oxygen atoms in total. The third-order valence-corrected chi connectivity index (χ3v) is 6.32. The number of aromatic nitrogens is 3. The van der Waals surface area contributed by atoms with Crippen LogP contribution in [0.4, 0.5) is 0 Å². The summed E-state index contributed by atoms with van der Waals surface area (Å²) in [6.45, 7) is 8.98. The van der Waals surface area contributed by atoms with Crippen LogP contribution in [0, 0.1) is 0 Å². The van der Waals surface area contributed by atoms with Crippen molar-refractivity contribution in [2.75, 3.05) is 13.2 Å². The van der Waals surface area contributed by atoms with E-state index < -0.39 is 0 Å². The second-order valence-corrected chi connectivity index (χ2v) is 8.91. The first-order valence-corrected chi connectivity index (χ1v) is 12.7. The third kappa shape index (κ3) is 5.40. The molecular formula is C28H37N3O2. The maximum absolute atomic E-state index is 6.03. The van der Waals surface area contributed by atoms with Crippen LogP contribution in [0.25, 0.3) is 22.5 Å². The molecule has 1 heterocycles. The van der Waals surface area contributed by atoms with Crippen LogP contribution in [0.2, 0.25) is 0 Å². The molecule has 4 rings (SSSR count). The van der Waals surface area contributed by atoms with E-state index in [4.69, 9.17) is 9.47 Å². The fourth-order valence-electron chi connectivity index (χ4n) is 4.36. The molecule has 33 heavy (non-hydrogen) atoms. The van der Waals surface area contributed by atoms with Crippen molar-refractivity contribution in [1.82, 2.24) is 15.0 Å². The molecule has 2 aromatic carbocycles. The Hall–Kier alpha value is -2.82. The number of ether oxygens (including phenoxy) is 2. The molecular weight excluding hydrogens is 410 g/mol. The van der Waals surface area contributed by atoms with E-state index in [-0.39, 0.29) is 0 Å². The van der Waals surface area contributed by atoms with Gasteiger partial charge in [-0.2, -0.15) is 0 Å². The molecule has 0 atom stereocenters. The van der Waals surface area contributed by atoms with Crippen molar-refractivity contribution in [1.29, 1.82) is 0 Å². The van der Waals surface area contributed by atoms with Gasteiger partial charge < -0.3 is 9.47 Å². The van der Waals surface area contributed by atoms with E-state index in [1.165, 1.54) is 22.3 Å². The van der Waals surface area contributed by atoms with Crippen LogP contribution in [0.1, 0.15) is 70.4 Å². The van der Waals surface area contributed by atoms with Gasteiger partial charge in [-0.05, 0) is 79.6 Å². The molecule has 5 heteroatoms. The summed E-state index contributed by atoms with van der Waals surface area (Å²) in [5, 5.41) is 9.27. The van der Waals surface area contributed by atoms with Crippen molar-refractivity contribution < 1.29 is 9.47 Å². The Morgan fingerprint density at radius 2 is 1.33 bits per heavy atom. The number of hydrogen-bond acceptors (Lipinski definition) is 4. The standard InChI is InChI=1S/C28H37N3O2/c1-4-7-16-31-28-26-15-13-24(33-18-9-6-3)20-22(26)11-10-21-19-23(32-17-8-5-2)12-14-25(21)27(28)29-30-31/h12-15,19-20H,4-11,16-18H2,1-3H3. The normalized spacial score (nSPS) is 12.3. The number of unbranched alkanes of at least 4 members (excludes halogenated alkanes) is 3.